The Morgan fingerprint density at radius 3 is 2.61 bits per heavy atom. The van der Waals surface area contributed by atoms with Gasteiger partial charge in [-0.3, -0.25) is 4.79 Å². The summed E-state index contributed by atoms with van der Waals surface area (Å²) in [6.45, 7) is 0. The van der Waals surface area contributed by atoms with Crippen molar-refractivity contribution in [3.05, 3.63) is 42.0 Å². The fourth-order valence-corrected chi connectivity index (χ4v) is 3.85. The van der Waals surface area contributed by atoms with Crippen molar-refractivity contribution in [2.75, 3.05) is 14.1 Å². The summed E-state index contributed by atoms with van der Waals surface area (Å²) in [6, 6.07) is 9.60. The number of aliphatic imine (C=N–C) groups is 1. The molecule has 3 amide bonds. The summed E-state index contributed by atoms with van der Waals surface area (Å²) in [5.41, 5.74) is 4.08. The van der Waals surface area contributed by atoms with Crippen LogP contribution < -0.4 is 5.43 Å². The highest BCUT2D eigenvalue weighted by atomic mass is 32.2. The number of carbonyl (C=O) groups excluding carboxylic acids is 2. The predicted octanol–water partition coefficient (Wildman–Crippen LogP) is 1.13. The molecule has 0 spiro atoms. The standard InChI is InChI=1S/C15H15N5O2S/c1-18-12-13(19(2)15(18)22)17-20-11(21)8-10(23-14(20)16-12)9-6-4-3-5-7-9/h3-8,12-13,17H,1-2H3. The molecule has 0 saturated carbocycles. The molecule has 0 aromatic heterocycles. The maximum atomic E-state index is 12.4. The molecule has 3 aliphatic heterocycles. The lowest BCUT2D eigenvalue weighted by molar-refractivity contribution is -0.126. The van der Waals surface area contributed by atoms with Gasteiger partial charge in [0, 0.05) is 25.1 Å². The van der Waals surface area contributed by atoms with Gasteiger partial charge in [0.2, 0.25) is 0 Å². The molecule has 0 radical (unpaired) electrons. The highest BCUT2D eigenvalue weighted by Gasteiger charge is 2.47. The van der Waals surface area contributed by atoms with Crippen LogP contribution in [0.2, 0.25) is 0 Å². The number of thioether (sulfide) groups is 1. The van der Waals surface area contributed by atoms with Crippen LogP contribution in [0.1, 0.15) is 5.56 Å². The smallest absolute Gasteiger partial charge is 0.306 e. The van der Waals surface area contributed by atoms with Gasteiger partial charge in [-0.25, -0.2) is 14.8 Å². The van der Waals surface area contributed by atoms with Crippen molar-refractivity contribution < 1.29 is 9.59 Å². The Hall–Kier alpha value is -2.32. The molecule has 0 aliphatic carbocycles. The van der Waals surface area contributed by atoms with Crippen LogP contribution in [0.3, 0.4) is 0 Å². The minimum Gasteiger partial charge on any atom is -0.306 e. The third-order valence-corrected chi connectivity index (χ3v) is 5.17. The van der Waals surface area contributed by atoms with E-state index < -0.39 is 0 Å². The third kappa shape index (κ3) is 2.13. The number of likely N-dealkylation sites (N-methyl/N-ethyl adjacent to an activating group) is 2. The average Bonchev–Trinajstić information content (AvgIpc) is 2.78. The molecule has 8 heteroatoms. The van der Waals surface area contributed by atoms with Gasteiger partial charge in [-0.05, 0) is 17.3 Å². The molecule has 4 rings (SSSR count). The SMILES string of the molecule is CN1C(=O)N(C)C2NN3C(=O)C=C(c4ccccc4)SC3=NC21. The molecule has 1 aromatic carbocycles. The molecule has 23 heavy (non-hydrogen) atoms. The van der Waals surface area contributed by atoms with Crippen LogP contribution in [0, 0.1) is 0 Å². The van der Waals surface area contributed by atoms with Crippen molar-refractivity contribution in [3.8, 4) is 0 Å². The monoisotopic (exact) mass is 329 g/mol. The van der Waals surface area contributed by atoms with E-state index in [4.69, 9.17) is 0 Å². The second-order valence-electron chi connectivity index (χ2n) is 5.55. The number of carbonyl (C=O) groups is 2. The lowest BCUT2D eigenvalue weighted by atomic mass is 10.2. The number of hydrazine groups is 1. The van der Waals surface area contributed by atoms with E-state index in [0.29, 0.717) is 5.17 Å². The first-order valence-electron chi connectivity index (χ1n) is 7.19. The summed E-state index contributed by atoms with van der Waals surface area (Å²) in [7, 11) is 3.41. The normalized spacial score (nSPS) is 26.8. The molecule has 3 heterocycles. The molecule has 1 aromatic rings. The summed E-state index contributed by atoms with van der Waals surface area (Å²) in [5.74, 6) is -0.185. The summed E-state index contributed by atoms with van der Waals surface area (Å²) in [5, 5.41) is 1.98. The number of hydrogen-bond donors (Lipinski definition) is 1. The Morgan fingerprint density at radius 2 is 1.87 bits per heavy atom. The number of nitrogens with one attached hydrogen (secondary N) is 1. The molecule has 2 unspecified atom stereocenters. The van der Waals surface area contributed by atoms with Crippen LogP contribution in [-0.4, -0.2) is 58.3 Å². The number of amides is 3. The first-order chi connectivity index (χ1) is 11.1. The van der Waals surface area contributed by atoms with Gasteiger partial charge in [0.05, 0.1) is 0 Å². The Bertz CT molecular complexity index is 747. The lowest BCUT2D eigenvalue weighted by Crippen LogP contribution is -2.61. The van der Waals surface area contributed by atoms with Crippen molar-refractivity contribution in [2.45, 2.75) is 12.3 Å². The van der Waals surface area contributed by atoms with Gasteiger partial charge >= 0.3 is 6.03 Å². The Kier molecular flexibility index (Phi) is 3.17. The molecular formula is C15H15N5O2S. The number of nitrogens with zero attached hydrogens (tertiary/aromatic N) is 4. The summed E-state index contributed by atoms with van der Waals surface area (Å²) >= 11 is 1.42. The number of benzene rings is 1. The van der Waals surface area contributed by atoms with Gasteiger partial charge in [-0.1, -0.05) is 30.3 Å². The Balaban J connectivity index is 1.69. The van der Waals surface area contributed by atoms with Crippen LogP contribution in [0.5, 0.6) is 0 Å². The van der Waals surface area contributed by atoms with E-state index in [1.165, 1.54) is 16.8 Å². The summed E-state index contributed by atoms with van der Waals surface area (Å²) < 4.78 is 0. The van der Waals surface area contributed by atoms with Gasteiger partial charge in [-0.15, -0.1) is 0 Å². The first-order valence-corrected chi connectivity index (χ1v) is 8.00. The van der Waals surface area contributed by atoms with Gasteiger partial charge < -0.3 is 9.80 Å². The quantitative estimate of drug-likeness (QED) is 0.838. The average molecular weight is 329 g/mol. The zero-order valence-electron chi connectivity index (χ0n) is 12.6. The lowest BCUT2D eigenvalue weighted by Gasteiger charge is -2.37. The van der Waals surface area contributed by atoms with E-state index in [1.54, 1.807) is 30.0 Å². The maximum absolute atomic E-state index is 12.4. The topological polar surface area (TPSA) is 68.2 Å². The molecule has 0 bridgehead atoms. The number of hydrogen-bond acceptors (Lipinski definition) is 5. The van der Waals surface area contributed by atoms with Gasteiger partial charge in [0.1, 0.15) is 6.17 Å². The molecule has 2 atom stereocenters. The molecule has 118 valence electrons. The number of rotatable bonds is 1. The highest BCUT2D eigenvalue weighted by Crippen LogP contribution is 2.36. The second kappa shape index (κ2) is 5.10. The molecule has 1 saturated heterocycles. The fraction of sp³-hybridized carbons (Fsp3) is 0.267. The van der Waals surface area contributed by atoms with E-state index in [2.05, 4.69) is 10.4 Å². The predicted molar refractivity (Wildman–Crippen MR) is 87.9 cm³/mol. The Morgan fingerprint density at radius 1 is 1.13 bits per heavy atom. The van der Waals surface area contributed by atoms with Gasteiger partial charge in [0.25, 0.3) is 5.91 Å². The maximum Gasteiger partial charge on any atom is 0.322 e. The summed E-state index contributed by atoms with van der Waals surface area (Å²) in [4.78, 5) is 33.1. The van der Waals surface area contributed by atoms with E-state index in [0.717, 1.165) is 10.5 Å². The minimum absolute atomic E-state index is 0.120. The van der Waals surface area contributed by atoms with Crippen molar-refractivity contribution in [2.24, 2.45) is 4.99 Å². The number of fused-ring (bicyclic) bond motifs is 2. The second-order valence-corrected chi connectivity index (χ2v) is 6.56. The van der Waals surface area contributed by atoms with E-state index in [1.807, 2.05) is 30.3 Å². The molecule has 1 N–H and O–H groups in total. The van der Waals surface area contributed by atoms with Gasteiger partial charge in [0.15, 0.2) is 11.3 Å². The summed E-state index contributed by atoms with van der Waals surface area (Å²) in [6.07, 6.45) is 0.911. The van der Waals surface area contributed by atoms with Crippen LogP contribution in [0.15, 0.2) is 41.4 Å². The van der Waals surface area contributed by atoms with Gasteiger partial charge in [-0.2, -0.15) is 5.43 Å². The highest BCUT2D eigenvalue weighted by molar-refractivity contribution is 8.21. The van der Waals surface area contributed by atoms with E-state index in [9.17, 15) is 9.59 Å². The van der Waals surface area contributed by atoms with Crippen molar-refractivity contribution >= 4 is 33.8 Å². The number of urea groups is 1. The molecule has 3 aliphatic rings. The van der Waals surface area contributed by atoms with Crippen LogP contribution in [0.25, 0.3) is 4.91 Å². The molecule has 1 fully saturated rings. The zero-order chi connectivity index (χ0) is 16.1. The van der Waals surface area contributed by atoms with Crippen LogP contribution in [-0.2, 0) is 4.79 Å². The van der Waals surface area contributed by atoms with Crippen LogP contribution >= 0.6 is 11.8 Å². The third-order valence-electron chi connectivity index (χ3n) is 4.13. The van der Waals surface area contributed by atoms with Crippen molar-refractivity contribution in [1.29, 1.82) is 0 Å². The largest absolute Gasteiger partial charge is 0.322 e. The van der Waals surface area contributed by atoms with Crippen molar-refractivity contribution in [1.82, 2.24) is 20.2 Å². The molecular weight excluding hydrogens is 314 g/mol. The van der Waals surface area contributed by atoms with E-state index in [-0.39, 0.29) is 24.3 Å². The van der Waals surface area contributed by atoms with Crippen LogP contribution in [0.4, 0.5) is 4.79 Å². The first kappa shape index (κ1) is 14.3. The fourth-order valence-electron chi connectivity index (χ4n) is 2.84. The number of amidine groups is 1. The molecule has 7 nitrogen and oxygen atoms in total. The van der Waals surface area contributed by atoms with Crippen molar-refractivity contribution in [3.63, 3.8) is 0 Å². The minimum atomic E-state index is -0.340. The zero-order valence-corrected chi connectivity index (χ0v) is 13.4. The Labute approximate surface area is 137 Å². The van der Waals surface area contributed by atoms with E-state index >= 15 is 0 Å².